The number of unbranched alkanes of at least 4 members (excludes halogenated alkanes) is 1. The van der Waals surface area contributed by atoms with Crippen LogP contribution in [0, 0.1) is 11.8 Å². The van der Waals surface area contributed by atoms with Gasteiger partial charge < -0.3 is 42.8 Å². The zero-order valence-electron chi connectivity index (χ0n) is 34.5. The fraction of sp³-hybridized carbons (Fsp3) is 0.511. The zero-order valence-corrected chi connectivity index (χ0v) is 34.5. The zero-order chi connectivity index (χ0) is 40.3. The van der Waals surface area contributed by atoms with Gasteiger partial charge in [0.2, 0.25) is 6.29 Å². The Balaban J connectivity index is 1.15. The molecule has 5 heterocycles. The van der Waals surface area contributed by atoms with E-state index in [-0.39, 0.29) is 30.5 Å². The second kappa shape index (κ2) is 17.6. The maximum Gasteiger partial charge on any atom is 0.289 e. The maximum atomic E-state index is 15.2. The van der Waals surface area contributed by atoms with Crippen LogP contribution in [0.4, 0.5) is 0 Å². The van der Waals surface area contributed by atoms with Gasteiger partial charge in [0, 0.05) is 55.6 Å². The van der Waals surface area contributed by atoms with Gasteiger partial charge in [-0.1, -0.05) is 31.5 Å². The van der Waals surface area contributed by atoms with Crippen LogP contribution in [0.1, 0.15) is 91.3 Å². The molecule has 1 N–H and O–H groups in total. The number of piperidine rings is 1. The van der Waals surface area contributed by atoms with Gasteiger partial charge >= 0.3 is 0 Å². The number of carbonyl (C=O) groups is 1. The molecule has 0 bridgehead atoms. The van der Waals surface area contributed by atoms with E-state index < -0.39 is 6.29 Å². The van der Waals surface area contributed by atoms with E-state index >= 15 is 4.79 Å². The molecule has 4 aromatic rings. The van der Waals surface area contributed by atoms with Gasteiger partial charge in [0.1, 0.15) is 5.58 Å². The lowest BCUT2D eigenvalue weighted by atomic mass is 9.72. The summed E-state index contributed by atoms with van der Waals surface area (Å²) >= 11 is 0. The number of ether oxygens (including phenoxy) is 6. The number of amides is 1. The summed E-state index contributed by atoms with van der Waals surface area (Å²) < 4.78 is 41.9. The van der Waals surface area contributed by atoms with Crippen LogP contribution >= 0.6 is 0 Å². The highest BCUT2D eigenvalue weighted by Gasteiger charge is 2.43. The third-order valence-corrected chi connectivity index (χ3v) is 13.1. The van der Waals surface area contributed by atoms with E-state index in [1.54, 1.807) is 34.7 Å². The van der Waals surface area contributed by atoms with Crippen molar-refractivity contribution in [3.8, 4) is 23.0 Å². The first-order valence-corrected chi connectivity index (χ1v) is 21.0. The number of hydrogen-bond acceptors (Lipinski definition) is 10. The van der Waals surface area contributed by atoms with Crippen LogP contribution in [0.3, 0.4) is 0 Å². The van der Waals surface area contributed by atoms with Gasteiger partial charge in [-0.15, -0.1) is 0 Å². The molecule has 6 atom stereocenters. The molecular weight excluding hydrogens is 737 g/mol. The molecular formula is C47H58N2O9. The average Bonchev–Trinajstić information content (AvgIpc) is 3.70. The second-order valence-electron chi connectivity index (χ2n) is 16.1. The standard InChI is InChI=1S/C47H58N2O9/c1-6-29-27-48-15-13-30-21-41(52-2)43(54-4)25-35(30)38(48)19-32(29)20-39-36-26-44(55-5)42(53-3)22-31(36)14-16-49(39)47(51)45-23-33(24-46(58-45)56-18-10-9-17-50)37-28-57-40-12-8-7-11-34(37)40/h7-8,11-12,21-23,25-26,28-29,32-33,38-39,46,50H,6,9-10,13-20,24,27H2,1-5H3/t29-,32+,33+,38-,39+,46-/m0/s1. The van der Waals surface area contributed by atoms with Gasteiger partial charge in [-0.2, -0.15) is 0 Å². The summed E-state index contributed by atoms with van der Waals surface area (Å²) in [5.74, 6) is 3.66. The molecule has 1 saturated heterocycles. The first kappa shape index (κ1) is 40.1. The second-order valence-corrected chi connectivity index (χ2v) is 16.1. The molecule has 1 fully saturated rings. The van der Waals surface area contributed by atoms with Crippen LogP contribution in [0.2, 0.25) is 0 Å². The third kappa shape index (κ3) is 7.76. The number of carbonyl (C=O) groups excluding carboxylic acids is 1. The molecule has 0 spiro atoms. The van der Waals surface area contributed by atoms with E-state index in [0.717, 1.165) is 72.4 Å². The number of rotatable bonds is 14. The topological polar surface area (TPSA) is 112 Å². The average molecular weight is 795 g/mol. The van der Waals surface area contributed by atoms with Gasteiger partial charge in [-0.3, -0.25) is 9.69 Å². The summed E-state index contributed by atoms with van der Waals surface area (Å²) in [6.07, 6.45) is 9.49. The molecule has 0 unspecified atom stereocenters. The van der Waals surface area contributed by atoms with Crippen LogP contribution < -0.4 is 18.9 Å². The molecule has 58 heavy (non-hydrogen) atoms. The number of allylic oxidation sites excluding steroid dienone is 1. The van der Waals surface area contributed by atoms with Crippen molar-refractivity contribution in [3.05, 3.63) is 94.4 Å². The summed E-state index contributed by atoms with van der Waals surface area (Å²) in [7, 11) is 6.73. The minimum absolute atomic E-state index is 0.102. The Kier molecular flexibility index (Phi) is 12.2. The lowest BCUT2D eigenvalue weighted by Gasteiger charge is -2.49. The molecule has 11 nitrogen and oxygen atoms in total. The van der Waals surface area contributed by atoms with Crippen molar-refractivity contribution < 1.29 is 42.7 Å². The van der Waals surface area contributed by atoms with Crippen LogP contribution in [0.5, 0.6) is 23.0 Å². The number of aliphatic hydroxyl groups excluding tert-OH is 1. The molecule has 4 aliphatic rings. The third-order valence-electron chi connectivity index (χ3n) is 13.1. The Morgan fingerprint density at radius 3 is 2.24 bits per heavy atom. The molecule has 11 heteroatoms. The van der Waals surface area contributed by atoms with E-state index in [2.05, 4.69) is 42.2 Å². The number of para-hydroxylation sites is 1. The highest BCUT2D eigenvalue weighted by atomic mass is 16.7. The lowest BCUT2D eigenvalue weighted by molar-refractivity contribution is -0.155. The number of aliphatic hydroxyl groups is 1. The SMILES string of the molecule is CC[C@H]1CN2CCc3cc(OC)c(OC)cc3[C@@H]2C[C@@H]1C[C@@H]1c2cc(OC)c(OC)cc2CCN1C(=O)C1=C[C@@H](c2coc3ccccc23)C[C@@H](OCCCCO)O1. The Morgan fingerprint density at radius 2 is 1.52 bits per heavy atom. The fourth-order valence-electron chi connectivity index (χ4n) is 10.1. The summed E-state index contributed by atoms with van der Waals surface area (Å²) in [5.41, 5.74) is 6.70. The minimum Gasteiger partial charge on any atom is -0.493 e. The van der Waals surface area contributed by atoms with Crippen LogP contribution in [-0.4, -0.2) is 88.4 Å². The smallest absolute Gasteiger partial charge is 0.289 e. The van der Waals surface area contributed by atoms with Crippen molar-refractivity contribution in [1.29, 1.82) is 0 Å². The largest absolute Gasteiger partial charge is 0.493 e. The molecule has 1 amide bonds. The van der Waals surface area contributed by atoms with E-state index in [9.17, 15) is 5.11 Å². The highest BCUT2D eigenvalue weighted by Crippen LogP contribution is 2.50. The van der Waals surface area contributed by atoms with Crippen molar-refractivity contribution in [2.24, 2.45) is 11.8 Å². The molecule has 0 radical (unpaired) electrons. The van der Waals surface area contributed by atoms with E-state index in [0.29, 0.717) is 67.9 Å². The molecule has 1 aromatic heterocycles. The van der Waals surface area contributed by atoms with E-state index in [1.165, 1.54) is 16.7 Å². The molecule has 0 saturated carbocycles. The molecule has 3 aromatic carbocycles. The Labute approximate surface area is 341 Å². The molecule has 0 aliphatic carbocycles. The monoisotopic (exact) mass is 794 g/mol. The summed E-state index contributed by atoms with van der Waals surface area (Å²) in [6.45, 7) is 5.37. The summed E-state index contributed by atoms with van der Waals surface area (Å²) in [5, 5.41) is 10.4. The highest BCUT2D eigenvalue weighted by molar-refractivity contribution is 5.93. The maximum absolute atomic E-state index is 15.2. The van der Waals surface area contributed by atoms with Crippen molar-refractivity contribution in [2.45, 2.75) is 82.6 Å². The Morgan fingerprint density at radius 1 is 0.828 bits per heavy atom. The van der Waals surface area contributed by atoms with E-state index in [1.807, 2.05) is 29.2 Å². The van der Waals surface area contributed by atoms with Crippen LogP contribution in [-0.2, 0) is 27.1 Å². The first-order chi connectivity index (χ1) is 28.4. The van der Waals surface area contributed by atoms with Gasteiger partial charge in [-0.25, -0.2) is 0 Å². The van der Waals surface area contributed by atoms with Crippen LogP contribution in [0.15, 0.2) is 71.0 Å². The lowest BCUT2D eigenvalue weighted by Crippen LogP contribution is -2.48. The predicted molar refractivity (Wildman–Crippen MR) is 221 cm³/mol. The van der Waals surface area contributed by atoms with Crippen LogP contribution in [0.25, 0.3) is 11.0 Å². The van der Waals surface area contributed by atoms with Crippen molar-refractivity contribution >= 4 is 16.9 Å². The number of nitrogens with zero attached hydrogens (tertiary/aromatic N) is 2. The van der Waals surface area contributed by atoms with E-state index in [4.69, 9.17) is 32.8 Å². The van der Waals surface area contributed by atoms with Crippen molar-refractivity contribution in [1.82, 2.24) is 9.80 Å². The van der Waals surface area contributed by atoms with Gasteiger partial charge in [-0.05, 0) is 109 Å². The van der Waals surface area contributed by atoms with Gasteiger partial charge in [0.25, 0.3) is 5.91 Å². The molecule has 4 aliphatic heterocycles. The normalized spacial score (nSPS) is 24.2. The minimum atomic E-state index is -0.628. The van der Waals surface area contributed by atoms with Gasteiger partial charge in [0.05, 0.1) is 47.4 Å². The number of hydrogen-bond donors (Lipinski definition) is 1. The quantitative estimate of drug-likeness (QED) is 0.126. The first-order valence-electron chi connectivity index (χ1n) is 21.0. The number of methoxy groups -OCH3 is 4. The molecule has 310 valence electrons. The Bertz CT molecular complexity index is 2110. The fourth-order valence-corrected chi connectivity index (χ4v) is 10.1. The summed E-state index contributed by atoms with van der Waals surface area (Å²) in [4.78, 5) is 19.9. The Hall–Kier alpha value is -4.71. The number of fused-ring (bicyclic) bond motifs is 5. The number of benzene rings is 3. The number of furan rings is 1. The molecule has 8 rings (SSSR count). The summed E-state index contributed by atoms with van der Waals surface area (Å²) in [6, 6.07) is 16.5. The van der Waals surface area contributed by atoms with Crippen molar-refractivity contribution in [2.75, 3.05) is 61.3 Å². The predicted octanol–water partition coefficient (Wildman–Crippen LogP) is 8.13. The van der Waals surface area contributed by atoms with Crippen molar-refractivity contribution in [3.63, 3.8) is 0 Å². The van der Waals surface area contributed by atoms with Gasteiger partial charge in [0.15, 0.2) is 28.8 Å².